The monoisotopic (exact) mass is 431 g/mol. The molecule has 2 fully saturated rings. The summed E-state index contributed by atoms with van der Waals surface area (Å²) in [4.78, 5) is 4.53. The first-order valence-corrected chi connectivity index (χ1v) is 7.98. The minimum absolute atomic E-state index is 0. The second-order valence-corrected chi connectivity index (χ2v) is 6.36. The fraction of sp³-hybridized carbons (Fsp3) is 0.588. The standard InChI is InChI=1S/C17H25N3O2.HI/c1-21-15-6-5-14(9-16(15)22-2)20-17(18)19-10-13-8-11-3-4-12(13)7-11;/h5-6,9,11-13H,3-4,7-8,10H2,1-2H3,(H3,18,19,20);1H. The van der Waals surface area contributed by atoms with Gasteiger partial charge in [-0.25, -0.2) is 0 Å². The summed E-state index contributed by atoms with van der Waals surface area (Å²) in [6.07, 6.45) is 5.54. The van der Waals surface area contributed by atoms with Crippen molar-refractivity contribution < 1.29 is 9.47 Å². The third-order valence-corrected chi connectivity index (χ3v) is 5.04. The number of nitrogens with zero attached hydrogens (tertiary/aromatic N) is 1. The van der Waals surface area contributed by atoms with Crippen LogP contribution in [0.15, 0.2) is 23.2 Å². The summed E-state index contributed by atoms with van der Waals surface area (Å²) in [5.74, 6) is 4.39. The summed E-state index contributed by atoms with van der Waals surface area (Å²) < 4.78 is 10.5. The van der Waals surface area contributed by atoms with Gasteiger partial charge >= 0.3 is 0 Å². The van der Waals surface area contributed by atoms with Crippen LogP contribution in [-0.2, 0) is 0 Å². The fourth-order valence-corrected chi connectivity index (χ4v) is 3.92. The van der Waals surface area contributed by atoms with E-state index in [9.17, 15) is 0 Å². The van der Waals surface area contributed by atoms with Crippen LogP contribution < -0.4 is 20.5 Å². The van der Waals surface area contributed by atoms with Crippen molar-refractivity contribution in [1.29, 1.82) is 0 Å². The Balaban J connectivity index is 0.00000192. The van der Waals surface area contributed by atoms with E-state index in [1.54, 1.807) is 14.2 Å². The first-order valence-electron chi connectivity index (χ1n) is 7.98. The van der Waals surface area contributed by atoms with Crippen LogP contribution >= 0.6 is 24.0 Å². The molecule has 6 heteroatoms. The van der Waals surface area contributed by atoms with E-state index in [1.165, 1.54) is 25.7 Å². The van der Waals surface area contributed by atoms with Gasteiger partial charge in [-0.05, 0) is 49.1 Å². The first kappa shape index (κ1) is 18.2. The van der Waals surface area contributed by atoms with Crippen LogP contribution in [0.5, 0.6) is 11.5 Å². The maximum atomic E-state index is 6.01. The zero-order valence-corrected chi connectivity index (χ0v) is 16.1. The number of anilines is 1. The van der Waals surface area contributed by atoms with Gasteiger partial charge in [0.15, 0.2) is 17.5 Å². The number of hydrogen-bond acceptors (Lipinski definition) is 3. The molecule has 3 atom stereocenters. The van der Waals surface area contributed by atoms with Crippen molar-refractivity contribution in [2.75, 3.05) is 26.1 Å². The third-order valence-electron chi connectivity index (χ3n) is 5.04. The number of aliphatic imine (C=N–C) groups is 1. The van der Waals surface area contributed by atoms with Crippen molar-refractivity contribution in [2.24, 2.45) is 28.5 Å². The lowest BCUT2D eigenvalue weighted by Gasteiger charge is -2.19. The lowest BCUT2D eigenvalue weighted by molar-refractivity contribution is 0.342. The summed E-state index contributed by atoms with van der Waals surface area (Å²) in [7, 11) is 3.24. The number of hydrogen-bond donors (Lipinski definition) is 2. The van der Waals surface area contributed by atoms with Crippen LogP contribution in [0.3, 0.4) is 0 Å². The number of guanidine groups is 1. The molecule has 0 heterocycles. The Morgan fingerprint density at radius 2 is 2.00 bits per heavy atom. The summed E-state index contributed by atoms with van der Waals surface area (Å²) in [5, 5.41) is 3.13. The number of benzene rings is 1. The molecule has 1 aromatic rings. The molecule has 2 bridgehead atoms. The smallest absolute Gasteiger partial charge is 0.193 e. The highest BCUT2D eigenvalue weighted by Gasteiger charge is 2.39. The molecule has 2 aliphatic rings. The molecule has 23 heavy (non-hydrogen) atoms. The Kier molecular flexibility index (Phi) is 6.38. The van der Waals surface area contributed by atoms with Crippen LogP contribution in [0.2, 0.25) is 0 Å². The zero-order valence-electron chi connectivity index (χ0n) is 13.7. The summed E-state index contributed by atoms with van der Waals surface area (Å²) in [6, 6.07) is 5.62. The van der Waals surface area contributed by atoms with E-state index in [4.69, 9.17) is 15.2 Å². The molecule has 128 valence electrons. The number of nitrogens with two attached hydrogens (primary N) is 1. The van der Waals surface area contributed by atoms with Gasteiger partial charge in [-0.1, -0.05) is 6.42 Å². The van der Waals surface area contributed by atoms with E-state index < -0.39 is 0 Å². The van der Waals surface area contributed by atoms with Crippen LogP contribution in [0.1, 0.15) is 25.7 Å². The van der Waals surface area contributed by atoms with Crippen LogP contribution in [0.25, 0.3) is 0 Å². The largest absolute Gasteiger partial charge is 0.493 e. The van der Waals surface area contributed by atoms with Gasteiger partial charge in [-0.3, -0.25) is 4.99 Å². The van der Waals surface area contributed by atoms with E-state index in [0.717, 1.165) is 30.0 Å². The maximum absolute atomic E-state index is 6.01. The highest BCUT2D eigenvalue weighted by Crippen LogP contribution is 2.48. The number of nitrogens with one attached hydrogen (secondary N) is 1. The normalized spacial score (nSPS) is 25.8. The lowest BCUT2D eigenvalue weighted by Crippen LogP contribution is -2.24. The van der Waals surface area contributed by atoms with Gasteiger partial charge in [0.1, 0.15) is 0 Å². The molecule has 5 nitrogen and oxygen atoms in total. The molecule has 0 radical (unpaired) electrons. The number of halogens is 1. The van der Waals surface area contributed by atoms with E-state index >= 15 is 0 Å². The van der Waals surface area contributed by atoms with E-state index in [1.807, 2.05) is 18.2 Å². The summed E-state index contributed by atoms with van der Waals surface area (Å²) >= 11 is 0. The van der Waals surface area contributed by atoms with Crippen molar-refractivity contribution in [3.63, 3.8) is 0 Å². The summed E-state index contributed by atoms with van der Waals surface area (Å²) in [5.41, 5.74) is 6.86. The molecule has 1 aromatic carbocycles. The van der Waals surface area contributed by atoms with Crippen LogP contribution in [0.4, 0.5) is 5.69 Å². The second-order valence-electron chi connectivity index (χ2n) is 6.36. The Morgan fingerprint density at radius 1 is 1.22 bits per heavy atom. The molecule has 0 aliphatic heterocycles. The first-order chi connectivity index (χ1) is 10.7. The van der Waals surface area contributed by atoms with Gasteiger partial charge in [0, 0.05) is 18.3 Å². The summed E-state index contributed by atoms with van der Waals surface area (Å²) in [6.45, 7) is 0.841. The Labute approximate surface area is 155 Å². The number of ether oxygens (including phenoxy) is 2. The van der Waals surface area contributed by atoms with Crippen molar-refractivity contribution in [3.8, 4) is 11.5 Å². The molecule has 0 spiro atoms. The molecule has 0 amide bonds. The molecule has 2 aliphatic carbocycles. The predicted octanol–water partition coefficient (Wildman–Crippen LogP) is 3.48. The number of fused-ring (bicyclic) bond motifs is 2. The molecular formula is C17H26IN3O2. The predicted molar refractivity (Wildman–Crippen MR) is 104 cm³/mol. The van der Waals surface area contributed by atoms with E-state index in [0.29, 0.717) is 17.5 Å². The van der Waals surface area contributed by atoms with Gasteiger partial charge in [0.05, 0.1) is 14.2 Å². The molecular weight excluding hydrogens is 405 g/mol. The van der Waals surface area contributed by atoms with E-state index in [2.05, 4.69) is 10.3 Å². The van der Waals surface area contributed by atoms with Crippen molar-refractivity contribution in [2.45, 2.75) is 25.7 Å². The van der Waals surface area contributed by atoms with Crippen molar-refractivity contribution >= 4 is 35.6 Å². The van der Waals surface area contributed by atoms with Gasteiger partial charge in [-0.15, -0.1) is 24.0 Å². The molecule has 3 N–H and O–H groups in total. The third kappa shape index (κ3) is 4.22. The van der Waals surface area contributed by atoms with Gasteiger partial charge < -0.3 is 20.5 Å². The lowest BCUT2D eigenvalue weighted by atomic mass is 9.89. The SMILES string of the molecule is COc1ccc(NC(N)=NCC2CC3CCC2C3)cc1OC.I. The number of methoxy groups -OCH3 is 2. The molecule has 2 saturated carbocycles. The van der Waals surface area contributed by atoms with E-state index in [-0.39, 0.29) is 24.0 Å². The number of rotatable bonds is 5. The minimum atomic E-state index is 0. The fourth-order valence-electron chi connectivity index (χ4n) is 3.92. The Bertz CT molecular complexity index is 565. The molecule has 0 saturated heterocycles. The van der Waals surface area contributed by atoms with Crippen molar-refractivity contribution in [3.05, 3.63) is 18.2 Å². The maximum Gasteiger partial charge on any atom is 0.193 e. The highest BCUT2D eigenvalue weighted by molar-refractivity contribution is 14.0. The van der Waals surface area contributed by atoms with Gasteiger partial charge in [0.2, 0.25) is 0 Å². The molecule has 3 unspecified atom stereocenters. The minimum Gasteiger partial charge on any atom is -0.493 e. The zero-order chi connectivity index (χ0) is 15.5. The van der Waals surface area contributed by atoms with Gasteiger partial charge in [-0.2, -0.15) is 0 Å². The molecule has 0 aromatic heterocycles. The second kappa shape index (κ2) is 8.08. The topological polar surface area (TPSA) is 68.9 Å². The molecule has 3 rings (SSSR count). The quantitative estimate of drug-likeness (QED) is 0.426. The average molecular weight is 431 g/mol. The Morgan fingerprint density at radius 3 is 2.61 bits per heavy atom. The van der Waals surface area contributed by atoms with Crippen LogP contribution in [-0.4, -0.2) is 26.7 Å². The van der Waals surface area contributed by atoms with Crippen molar-refractivity contribution in [1.82, 2.24) is 0 Å². The Hall–Kier alpha value is -1.18. The average Bonchev–Trinajstić information content (AvgIpc) is 3.15. The highest BCUT2D eigenvalue weighted by atomic mass is 127. The van der Waals surface area contributed by atoms with Gasteiger partial charge in [0.25, 0.3) is 0 Å². The van der Waals surface area contributed by atoms with Crippen LogP contribution in [0, 0.1) is 17.8 Å².